The normalized spacial score (nSPS) is 23.6. The van der Waals surface area contributed by atoms with Crippen LogP contribution >= 0.6 is 11.6 Å². The van der Waals surface area contributed by atoms with Gasteiger partial charge in [-0.1, -0.05) is 11.6 Å². The maximum Gasteiger partial charge on any atom is 0.337 e. The van der Waals surface area contributed by atoms with Gasteiger partial charge in [0.15, 0.2) is 5.78 Å². The van der Waals surface area contributed by atoms with E-state index in [2.05, 4.69) is 5.16 Å². The Morgan fingerprint density at radius 2 is 2.14 bits per heavy atom. The number of methoxy groups -OCH3 is 1. The third-order valence-corrected chi connectivity index (χ3v) is 3.64. The maximum atomic E-state index is 10.7. The number of carboxylic acid groups (broad SMARTS) is 1. The summed E-state index contributed by atoms with van der Waals surface area (Å²) in [4.78, 5) is 21.3. The van der Waals surface area contributed by atoms with E-state index in [1.165, 1.54) is 19.3 Å². The van der Waals surface area contributed by atoms with Gasteiger partial charge in [-0.2, -0.15) is 0 Å². The number of carboxylic acids is 1. The van der Waals surface area contributed by atoms with Gasteiger partial charge in [0.05, 0.1) is 24.5 Å². The summed E-state index contributed by atoms with van der Waals surface area (Å²) in [6.45, 7) is 0. The first-order chi connectivity index (χ1) is 9.99. The van der Waals surface area contributed by atoms with E-state index in [0.717, 1.165) is 19.3 Å². The number of carbonyl (C=O) groups excluding carboxylic acids is 1. The Kier molecular flexibility index (Phi) is 6.94. The molecule has 7 heteroatoms. The zero-order valence-corrected chi connectivity index (χ0v) is 12.5. The van der Waals surface area contributed by atoms with Crippen molar-refractivity contribution >= 4 is 29.1 Å². The molecule has 0 spiro atoms. The molecule has 0 heterocycles. The zero-order chi connectivity index (χ0) is 15.8. The predicted octanol–water partition coefficient (Wildman–Crippen LogP) is 2.50. The highest BCUT2D eigenvalue weighted by atomic mass is 35.5. The average Bonchev–Trinajstić information content (AvgIpc) is 2.50. The maximum absolute atomic E-state index is 10.7. The number of alkyl halides is 1. The average molecular weight is 316 g/mol. The quantitative estimate of drug-likeness (QED) is 0.463. The summed E-state index contributed by atoms with van der Waals surface area (Å²) in [5.74, 6) is -0.310. The minimum atomic E-state index is -1.11. The van der Waals surface area contributed by atoms with Crippen LogP contribution in [-0.2, 0) is 14.3 Å². The number of allylic oxidation sites excluding steroid dienone is 3. The number of aliphatic carboxylic acids is 1. The highest BCUT2D eigenvalue weighted by Crippen LogP contribution is 2.18. The molecular formula is C14H18ClNO5. The Hall–Kier alpha value is -1.82. The second kappa shape index (κ2) is 8.46. The standard InChI is InChI=1S/C8H9NO4.C6H9ClO/c1-13-5-2-3-6(8(10)11)7(4-5)9-12;7-5-3-1-2-4-6(5)8/h2-3,12H,4H2,1H3,(H,10,11);5H,1-4H2. The van der Waals surface area contributed by atoms with Crippen molar-refractivity contribution in [1.82, 2.24) is 0 Å². The highest BCUT2D eigenvalue weighted by Gasteiger charge is 2.20. The third-order valence-electron chi connectivity index (χ3n) is 3.18. The first-order valence-electron chi connectivity index (χ1n) is 6.55. The van der Waals surface area contributed by atoms with Crippen LogP contribution in [0, 0.1) is 0 Å². The lowest BCUT2D eigenvalue weighted by Crippen LogP contribution is -2.18. The molecule has 0 amide bonds. The molecule has 2 aliphatic rings. The monoisotopic (exact) mass is 315 g/mol. The summed E-state index contributed by atoms with van der Waals surface area (Å²) in [7, 11) is 1.47. The number of ether oxygens (including phenoxy) is 1. The molecule has 0 bridgehead atoms. The lowest BCUT2D eigenvalue weighted by Gasteiger charge is -2.12. The van der Waals surface area contributed by atoms with Crippen LogP contribution in [0.5, 0.6) is 0 Å². The number of hydrogen-bond donors (Lipinski definition) is 2. The van der Waals surface area contributed by atoms with E-state index >= 15 is 0 Å². The van der Waals surface area contributed by atoms with Crippen LogP contribution in [0.3, 0.4) is 0 Å². The Morgan fingerprint density at radius 1 is 1.43 bits per heavy atom. The van der Waals surface area contributed by atoms with E-state index in [1.54, 1.807) is 0 Å². The van der Waals surface area contributed by atoms with Gasteiger partial charge in [0.2, 0.25) is 0 Å². The molecule has 2 aliphatic carbocycles. The van der Waals surface area contributed by atoms with Crippen molar-refractivity contribution < 1.29 is 24.6 Å². The smallest absolute Gasteiger partial charge is 0.337 e. The molecule has 2 rings (SSSR count). The minimum Gasteiger partial charge on any atom is -0.501 e. The topological polar surface area (TPSA) is 96.2 Å². The number of nitrogens with zero attached hydrogens (tertiary/aromatic N) is 1. The molecule has 2 N–H and O–H groups in total. The summed E-state index contributed by atoms with van der Waals surface area (Å²) in [5, 5.41) is 19.9. The van der Waals surface area contributed by atoms with Gasteiger partial charge in [-0.15, -0.1) is 11.6 Å². The van der Waals surface area contributed by atoms with Crippen molar-refractivity contribution in [2.75, 3.05) is 7.11 Å². The Balaban J connectivity index is 0.000000235. The summed E-state index contributed by atoms with van der Waals surface area (Å²) >= 11 is 5.62. The number of carbonyl (C=O) groups is 2. The molecule has 1 unspecified atom stereocenters. The molecule has 6 nitrogen and oxygen atoms in total. The molecule has 1 saturated carbocycles. The van der Waals surface area contributed by atoms with E-state index in [4.69, 9.17) is 26.7 Å². The van der Waals surface area contributed by atoms with Gasteiger partial charge in [-0.3, -0.25) is 4.79 Å². The van der Waals surface area contributed by atoms with Crippen LogP contribution in [0.25, 0.3) is 0 Å². The molecular weight excluding hydrogens is 298 g/mol. The van der Waals surface area contributed by atoms with Gasteiger partial charge in [0.1, 0.15) is 11.5 Å². The van der Waals surface area contributed by atoms with Gasteiger partial charge in [0, 0.05) is 6.42 Å². The molecule has 1 fully saturated rings. The number of ketones is 1. The van der Waals surface area contributed by atoms with Crippen LogP contribution in [0.2, 0.25) is 0 Å². The molecule has 116 valence electrons. The Morgan fingerprint density at radius 3 is 2.57 bits per heavy atom. The molecule has 0 aliphatic heterocycles. The summed E-state index contributed by atoms with van der Waals surface area (Å²) in [5.41, 5.74) is 0.0927. The van der Waals surface area contributed by atoms with Crippen molar-refractivity contribution in [2.24, 2.45) is 5.16 Å². The van der Waals surface area contributed by atoms with Crippen molar-refractivity contribution in [2.45, 2.75) is 37.5 Å². The first-order valence-corrected chi connectivity index (χ1v) is 6.99. The lowest BCUT2D eigenvalue weighted by atomic mass is 9.99. The largest absolute Gasteiger partial charge is 0.501 e. The third kappa shape index (κ3) is 5.23. The van der Waals surface area contributed by atoms with E-state index in [-0.39, 0.29) is 28.9 Å². The van der Waals surface area contributed by atoms with Crippen LogP contribution in [0.15, 0.2) is 28.6 Å². The van der Waals surface area contributed by atoms with Crippen molar-refractivity contribution in [3.05, 3.63) is 23.5 Å². The van der Waals surface area contributed by atoms with Gasteiger partial charge in [-0.05, 0) is 25.0 Å². The SMILES string of the molecule is COC1=CC=C(C(=O)O)C(=NO)C1.O=C1CCCCC1Cl. The van der Waals surface area contributed by atoms with E-state index < -0.39 is 5.97 Å². The summed E-state index contributed by atoms with van der Waals surface area (Å²) in [6, 6.07) is 0. The molecule has 0 saturated heterocycles. The van der Waals surface area contributed by atoms with Crippen molar-refractivity contribution in [3.63, 3.8) is 0 Å². The van der Waals surface area contributed by atoms with Gasteiger partial charge >= 0.3 is 5.97 Å². The van der Waals surface area contributed by atoms with E-state index in [1.807, 2.05) is 0 Å². The van der Waals surface area contributed by atoms with Crippen LogP contribution < -0.4 is 0 Å². The summed E-state index contributed by atoms with van der Waals surface area (Å²) in [6.07, 6.45) is 6.85. The number of rotatable bonds is 2. The second-order valence-electron chi connectivity index (χ2n) is 4.63. The van der Waals surface area contributed by atoms with Crippen molar-refractivity contribution in [3.8, 4) is 0 Å². The number of oxime groups is 1. The molecule has 0 radical (unpaired) electrons. The fraction of sp³-hybridized carbons (Fsp3) is 0.500. The number of halogens is 1. The van der Waals surface area contributed by atoms with Gasteiger partial charge in [-0.25, -0.2) is 4.79 Å². The van der Waals surface area contributed by atoms with Crippen LogP contribution in [0.1, 0.15) is 32.1 Å². The number of Topliss-reactive ketones (excluding diaryl/α,β-unsaturated/α-hetero) is 1. The number of hydrogen-bond acceptors (Lipinski definition) is 5. The molecule has 21 heavy (non-hydrogen) atoms. The fourth-order valence-electron chi connectivity index (χ4n) is 1.96. The molecule has 0 aromatic rings. The van der Waals surface area contributed by atoms with Crippen molar-refractivity contribution in [1.29, 1.82) is 0 Å². The predicted molar refractivity (Wildman–Crippen MR) is 77.8 cm³/mol. The Labute approximate surface area is 127 Å². The van der Waals surface area contributed by atoms with E-state index in [9.17, 15) is 9.59 Å². The highest BCUT2D eigenvalue weighted by molar-refractivity contribution is 6.31. The second-order valence-corrected chi connectivity index (χ2v) is 5.15. The van der Waals surface area contributed by atoms with E-state index in [0.29, 0.717) is 12.2 Å². The molecule has 0 aromatic carbocycles. The Bertz CT molecular complexity index is 496. The summed E-state index contributed by atoms with van der Waals surface area (Å²) < 4.78 is 4.88. The van der Waals surface area contributed by atoms with Gasteiger partial charge in [0.25, 0.3) is 0 Å². The first kappa shape index (κ1) is 17.2. The minimum absolute atomic E-state index is 0.0108. The van der Waals surface area contributed by atoms with Gasteiger partial charge < -0.3 is 15.1 Å². The lowest BCUT2D eigenvalue weighted by molar-refractivity contribution is -0.132. The fourth-order valence-corrected chi connectivity index (χ4v) is 2.22. The molecule has 1 atom stereocenters. The molecule has 0 aromatic heterocycles. The zero-order valence-electron chi connectivity index (χ0n) is 11.7. The van der Waals surface area contributed by atoms with Crippen LogP contribution in [0.4, 0.5) is 0 Å². The van der Waals surface area contributed by atoms with Crippen LogP contribution in [-0.4, -0.2) is 40.3 Å².